The van der Waals surface area contributed by atoms with Crippen molar-refractivity contribution in [2.45, 2.75) is 39.0 Å². The van der Waals surface area contributed by atoms with Crippen LogP contribution in [0.4, 0.5) is 5.69 Å². The van der Waals surface area contributed by atoms with Gasteiger partial charge in [0, 0.05) is 11.6 Å². The predicted octanol–water partition coefficient (Wildman–Crippen LogP) is 5.18. The average molecular weight is 431 g/mol. The lowest BCUT2D eigenvalue weighted by atomic mass is 10.2. The second kappa shape index (κ2) is 12.7. The lowest BCUT2D eigenvalue weighted by Crippen LogP contribution is -2.34. The Morgan fingerprint density at radius 3 is 2.30 bits per heavy atom. The number of nitrogens with one attached hydrogen (secondary N) is 2. The Kier molecular flexibility index (Phi) is 9.94. The van der Waals surface area contributed by atoms with Crippen LogP contribution in [0.15, 0.2) is 42.5 Å². The molecule has 0 atom stereocenters. The molecule has 2 rings (SSSR count). The molecule has 0 aromatic heterocycles. The van der Waals surface area contributed by atoms with Crippen LogP contribution in [0, 0.1) is 0 Å². The maximum atomic E-state index is 12.5. The van der Waals surface area contributed by atoms with Crippen LogP contribution in [0.25, 0.3) is 0 Å². The van der Waals surface area contributed by atoms with Crippen molar-refractivity contribution in [2.75, 3.05) is 26.1 Å². The molecule has 0 heterocycles. The zero-order chi connectivity index (χ0) is 21.8. The molecule has 7 heteroatoms. The first-order chi connectivity index (χ1) is 14.6. The van der Waals surface area contributed by atoms with Gasteiger partial charge in [-0.15, -0.1) is 0 Å². The van der Waals surface area contributed by atoms with Crippen molar-refractivity contribution >= 4 is 28.9 Å². The first-order valence-corrected chi connectivity index (χ1v) is 10.6. The fourth-order valence-electron chi connectivity index (χ4n) is 2.84. The highest BCUT2D eigenvalue weighted by Crippen LogP contribution is 2.28. The van der Waals surface area contributed by atoms with Gasteiger partial charge in [-0.25, -0.2) is 0 Å². The maximum Gasteiger partial charge on any atom is 0.257 e. The molecule has 0 saturated heterocycles. The quantitative estimate of drug-likeness (QED) is 0.378. The number of thiocarbonyl (C=S) groups is 1. The lowest BCUT2D eigenvalue weighted by molar-refractivity contribution is 0.0977. The van der Waals surface area contributed by atoms with E-state index in [9.17, 15) is 4.79 Å². The third kappa shape index (κ3) is 7.55. The maximum absolute atomic E-state index is 12.5. The molecule has 1 amide bonds. The Labute approximate surface area is 183 Å². The summed E-state index contributed by atoms with van der Waals surface area (Å²) in [7, 11) is 3.13. The normalized spacial score (nSPS) is 10.2. The summed E-state index contributed by atoms with van der Waals surface area (Å²) >= 11 is 5.26. The van der Waals surface area contributed by atoms with Crippen LogP contribution in [0.1, 0.15) is 49.4 Å². The highest BCUT2D eigenvalue weighted by Gasteiger charge is 2.11. The van der Waals surface area contributed by atoms with Crippen molar-refractivity contribution in [2.24, 2.45) is 0 Å². The zero-order valence-electron chi connectivity index (χ0n) is 17.8. The predicted molar refractivity (Wildman–Crippen MR) is 124 cm³/mol. The number of hydrogen-bond donors (Lipinski definition) is 2. The Hall–Kier alpha value is -2.80. The van der Waals surface area contributed by atoms with Crippen molar-refractivity contribution in [1.29, 1.82) is 0 Å². The van der Waals surface area contributed by atoms with Crippen molar-refractivity contribution < 1.29 is 19.0 Å². The van der Waals surface area contributed by atoms with E-state index >= 15 is 0 Å². The number of benzene rings is 2. The van der Waals surface area contributed by atoms with Crippen LogP contribution in [0.2, 0.25) is 0 Å². The molecule has 0 saturated carbocycles. The second-order valence-corrected chi connectivity index (χ2v) is 7.17. The SMILES string of the molecule is CCCCCCCOc1ccc(C(=O)NC(=S)Nc2cc(OC)ccc2OC)cc1. The molecule has 0 aliphatic carbocycles. The van der Waals surface area contributed by atoms with Gasteiger partial charge in [0.25, 0.3) is 5.91 Å². The first-order valence-electron chi connectivity index (χ1n) is 10.1. The van der Waals surface area contributed by atoms with Gasteiger partial charge in [-0.1, -0.05) is 32.6 Å². The third-order valence-corrected chi connectivity index (χ3v) is 4.72. The fraction of sp³-hybridized carbons (Fsp3) is 0.391. The lowest BCUT2D eigenvalue weighted by Gasteiger charge is -2.14. The van der Waals surface area contributed by atoms with E-state index in [0.717, 1.165) is 12.2 Å². The van der Waals surface area contributed by atoms with Gasteiger partial charge in [-0.3, -0.25) is 10.1 Å². The second-order valence-electron chi connectivity index (χ2n) is 6.76. The standard InChI is InChI=1S/C23H30N2O4S/c1-4-5-6-7-8-15-29-18-11-9-17(10-12-18)22(26)25-23(30)24-20-16-19(27-2)13-14-21(20)28-3/h9-14,16H,4-8,15H2,1-3H3,(H2,24,25,26,30). The molecule has 0 aliphatic heterocycles. The molecule has 2 aromatic carbocycles. The first kappa shape index (κ1) is 23.5. The zero-order valence-corrected chi connectivity index (χ0v) is 18.6. The summed E-state index contributed by atoms with van der Waals surface area (Å²) in [4.78, 5) is 12.5. The number of unbranched alkanes of at least 4 members (excludes halogenated alkanes) is 4. The van der Waals surface area contributed by atoms with Crippen LogP contribution in [0.3, 0.4) is 0 Å². The van der Waals surface area contributed by atoms with Gasteiger partial charge < -0.3 is 19.5 Å². The van der Waals surface area contributed by atoms with E-state index in [0.29, 0.717) is 29.4 Å². The van der Waals surface area contributed by atoms with Crippen LogP contribution >= 0.6 is 12.2 Å². The van der Waals surface area contributed by atoms with E-state index in [1.165, 1.54) is 25.7 Å². The minimum absolute atomic E-state index is 0.166. The number of methoxy groups -OCH3 is 2. The van der Waals surface area contributed by atoms with Gasteiger partial charge in [0.05, 0.1) is 26.5 Å². The average Bonchev–Trinajstić information content (AvgIpc) is 2.76. The molecule has 0 fully saturated rings. The molecule has 2 aromatic rings. The van der Waals surface area contributed by atoms with Gasteiger partial charge in [-0.05, 0) is 55.0 Å². The van der Waals surface area contributed by atoms with Crippen LogP contribution in [0.5, 0.6) is 17.2 Å². The highest BCUT2D eigenvalue weighted by molar-refractivity contribution is 7.80. The summed E-state index contributed by atoms with van der Waals surface area (Å²) < 4.78 is 16.2. The smallest absolute Gasteiger partial charge is 0.257 e. The van der Waals surface area contributed by atoms with Crippen molar-refractivity contribution in [1.82, 2.24) is 5.32 Å². The highest BCUT2D eigenvalue weighted by atomic mass is 32.1. The van der Waals surface area contributed by atoms with E-state index in [-0.39, 0.29) is 11.0 Å². The van der Waals surface area contributed by atoms with E-state index in [4.69, 9.17) is 26.4 Å². The molecule has 0 unspecified atom stereocenters. The summed E-state index contributed by atoms with van der Waals surface area (Å²) in [6.07, 6.45) is 5.96. The van der Waals surface area contributed by atoms with Crippen molar-refractivity contribution in [3.05, 3.63) is 48.0 Å². The molecular weight excluding hydrogens is 400 g/mol. The Bertz CT molecular complexity index is 824. The topological polar surface area (TPSA) is 68.8 Å². The van der Waals surface area contributed by atoms with Crippen molar-refractivity contribution in [3.8, 4) is 17.2 Å². The summed E-state index contributed by atoms with van der Waals surface area (Å²) in [5, 5.41) is 5.80. The molecule has 162 valence electrons. The van der Waals surface area contributed by atoms with E-state index in [1.54, 1.807) is 56.7 Å². The monoisotopic (exact) mass is 430 g/mol. The molecule has 6 nitrogen and oxygen atoms in total. The minimum Gasteiger partial charge on any atom is -0.497 e. The molecule has 0 aliphatic rings. The Morgan fingerprint density at radius 1 is 0.933 bits per heavy atom. The molecule has 0 spiro atoms. The Balaban J connectivity index is 1.85. The molecule has 0 radical (unpaired) electrons. The van der Waals surface area contributed by atoms with Crippen LogP contribution in [-0.2, 0) is 0 Å². The van der Waals surface area contributed by atoms with E-state index in [1.807, 2.05) is 0 Å². The number of anilines is 1. The molecule has 2 N–H and O–H groups in total. The fourth-order valence-corrected chi connectivity index (χ4v) is 3.04. The van der Waals surface area contributed by atoms with Crippen molar-refractivity contribution in [3.63, 3.8) is 0 Å². The number of rotatable bonds is 11. The number of carbonyl (C=O) groups is 1. The number of hydrogen-bond acceptors (Lipinski definition) is 5. The number of ether oxygens (including phenoxy) is 3. The van der Waals surface area contributed by atoms with E-state index < -0.39 is 0 Å². The summed E-state index contributed by atoms with van der Waals surface area (Å²) in [5.74, 6) is 1.68. The summed E-state index contributed by atoms with van der Waals surface area (Å²) in [6, 6.07) is 12.3. The van der Waals surface area contributed by atoms with Gasteiger partial charge in [0.15, 0.2) is 5.11 Å². The van der Waals surface area contributed by atoms with Gasteiger partial charge in [-0.2, -0.15) is 0 Å². The van der Waals surface area contributed by atoms with Crippen LogP contribution < -0.4 is 24.8 Å². The number of amides is 1. The van der Waals surface area contributed by atoms with Gasteiger partial charge in [0.2, 0.25) is 0 Å². The third-order valence-electron chi connectivity index (χ3n) is 4.52. The van der Waals surface area contributed by atoms with E-state index in [2.05, 4.69) is 17.6 Å². The number of carbonyl (C=O) groups excluding carboxylic acids is 1. The van der Waals surface area contributed by atoms with Gasteiger partial charge >= 0.3 is 0 Å². The molecule has 0 bridgehead atoms. The molecule has 30 heavy (non-hydrogen) atoms. The van der Waals surface area contributed by atoms with Gasteiger partial charge in [0.1, 0.15) is 17.2 Å². The largest absolute Gasteiger partial charge is 0.497 e. The summed E-state index contributed by atoms with van der Waals surface area (Å²) in [6.45, 7) is 2.89. The van der Waals surface area contributed by atoms with Crippen LogP contribution in [-0.4, -0.2) is 31.8 Å². The molecular formula is C23H30N2O4S. The summed E-state index contributed by atoms with van der Waals surface area (Å²) in [5.41, 5.74) is 1.09. The minimum atomic E-state index is -0.305. The Morgan fingerprint density at radius 2 is 1.63 bits per heavy atom.